The number of nitrogens with zero attached hydrogens (tertiary/aromatic N) is 2. The summed E-state index contributed by atoms with van der Waals surface area (Å²) in [6, 6.07) is 14.4. The van der Waals surface area contributed by atoms with Gasteiger partial charge in [0.1, 0.15) is 18.3 Å². The summed E-state index contributed by atoms with van der Waals surface area (Å²) in [5.41, 5.74) is 2.78. The summed E-state index contributed by atoms with van der Waals surface area (Å²) in [6.07, 6.45) is 9.28. The van der Waals surface area contributed by atoms with Gasteiger partial charge in [0.05, 0.1) is 19.1 Å². The Labute approximate surface area is 257 Å². The molecular weight excluding hydrogens is 562 g/mol. The Morgan fingerprint density at radius 3 is 1.98 bits per heavy atom. The van der Waals surface area contributed by atoms with Crippen molar-refractivity contribution in [3.05, 3.63) is 59.7 Å². The Kier molecular flexibility index (Phi) is 9.12. The Bertz CT molecular complexity index is 1370. The number of ether oxygens (including phenoxy) is 1. The molecule has 8 nitrogen and oxygen atoms in total. The van der Waals surface area contributed by atoms with Crippen molar-refractivity contribution in [2.75, 3.05) is 24.2 Å². The van der Waals surface area contributed by atoms with Crippen molar-refractivity contribution >= 4 is 27.5 Å². The van der Waals surface area contributed by atoms with Gasteiger partial charge in [-0.05, 0) is 117 Å². The molecule has 9 heteroatoms. The quantitative estimate of drug-likeness (QED) is 0.354. The van der Waals surface area contributed by atoms with Gasteiger partial charge in [0.25, 0.3) is 0 Å². The molecule has 0 saturated heterocycles. The smallest absolute Gasteiger partial charge is 0.244 e. The predicted octanol–water partition coefficient (Wildman–Crippen LogP) is 5.26. The van der Waals surface area contributed by atoms with E-state index in [0.717, 1.165) is 29.6 Å². The molecule has 234 valence electrons. The van der Waals surface area contributed by atoms with Crippen molar-refractivity contribution in [1.29, 1.82) is 0 Å². The second-order valence-corrected chi connectivity index (χ2v) is 15.4. The van der Waals surface area contributed by atoms with Crippen molar-refractivity contribution in [3.63, 3.8) is 0 Å². The van der Waals surface area contributed by atoms with Gasteiger partial charge in [-0.15, -0.1) is 0 Å². The molecule has 0 unspecified atom stereocenters. The molecule has 0 aliphatic heterocycles. The van der Waals surface area contributed by atoms with Gasteiger partial charge in [-0.3, -0.25) is 13.9 Å². The molecule has 4 saturated carbocycles. The zero-order valence-corrected chi connectivity index (χ0v) is 27.0. The summed E-state index contributed by atoms with van der Waals surface area (Å²) in [6.45, 7) is 5.38. The summed E-state index contributed by atoms with van der Waals surface area (Å²) in [4.78, 5) is 28.7. The third-order valence-electron chi connectivity index (χ3n) is 9.81. The second-order valence-electron chi connectivity index (χ2n) is 13.5. The van der Waals surface area contributed by atoms with Crippen molar-refractivity contribution < 1.29 is 22.7 Å². The maximum absolute atomic E-state index is 14.0. The minimum atomic E-state index is -3.79. The Hall–Kier alpha value is -3.07. The Morgan fingerprint density at radius 1 is 0.953 bits per heavy atom. The summed E-state index contributed by atoms with van der Waals surface area (Å²) in [5.74, 6) is 2.43. The average Bonchev–Trinajstić information content (AvgIpc) is 2.94. The molecule has 0 aromatic heterocycles. The van der Waals surface area contributed by atoms with E-state index in [2.05, 4.69) is 17.4 Å². The van der Waals surface area contributed by atoms with Crippen LogP contribution in [0.4, 0.5) is 5.69 Å². The monoisotopic (exact) mass is 609 g/mol. The van der Waals surface area contributed by atoms with Crippen molar-refractivity contribution in [3.8, 4) is 5.75 Å². The normalized spacial score (nSPS) is 24.9. The van der Waals surface area contributed by atoms with Crippen molar-refractivity contribution in [1.82, 2.24) is 10.2 Å². The fourth-order valence-corrected chi connectivity index (χ4v) is 9.14. The van der Waals surface area contributed by atoms with Crippen molar-refractivity contribution in [2.24, 2.45) is 17.8 Å². The number of hydrogen-bond acceptors (Lipinski definition) is 5. The summed E-state index contributed by atoms with van der Waals surface area (Å²) in [7, 11) is -2.20. The van der Waals surface area contributed by atoms with Crippen LogP contribution in [-0.2, 0) is 31.6 Å². The number of sulfonamides is 1. The first-order valence-electron chi connectivity index (χ1n) is 15.7. The lowest BCUT2D eigenvalue weighted by atomic mass is 9.48. The number of benzene rings is 2. The first kappa shape index (κ1) is 31.4. The SMILES string of the molecule is CC[C@H](C(=O)NC(C)C)N(Cc1ccc(OC)cc1)C(=O)CN(c1ccc(C23CC4CC(CC(C4)C2)C3)cc1)S(C)(=O)=O. The number of nitrogens with one attached hydrogen (secondary N) is 1. The fourth-order valence-electron chi connectivity index (χ4n) is 8.29. The molecule has 1 atom stereocenters. The van der Waals surface area contributed by atoms with Gasteiger partial charge in [0.15, 0.2) is 0 Å². The highest BCUT2D eigenvalue weighted by Gasteiger charge is 2.51. The molecule has 4 bridgehead atoms. The van der Waals surface area contributed by atoms with Gasteiger partial charge in [-0.1, -0.05) is 31.2 Å². The van der Waals surface area contributed by atoms with Crippen LogP contribution in [0.1, 0.15) is 76.8 Å². The minimum Gasteiger partial charge on any atom is -0.497 e. The molecule has 0 spiro atoms. The third-order valence-corrected chi connectivity index (χ3v) is 11.0. The largest absolute Gasteiger partial charge is 0.497 e. The fraction of sp³-hybridized carbons (Fsp3) is 0.588. The van der Waals surface area contributed by atoms with E-state index < -0.39 is 28.5 Å². The third kappa shape index (κ3) is 6.87. The molecule has 4 aliphatic rings. The van der Waals surface area contributed by atoms with Gasteiger partial charge >= 0.3 is 0 Å². The number of amides is 2. The summed E-state index contributed by atoms with van der Waals surface area (Å²) >= 11 is 0. The zero-order valence-electron chi connectivity index (χ0n) is 26.2. The van der Waals surface area contributed by atoms with Gasteiger partial charge < -0.3 is 15.0 Å². The van der Waals surface area contributed by atoms with Crippen LogP contribution in [0.25, 0.3) is 0 Å². The number of rotatable bonds is 12. The number of hydrogen-bond donors (Lipinski definition) is 1. The molecule has 2 aromatic carbocycles. The van der Waals surface area contributed by atoms with Gasteiger partial charge in [-0.25, -0.2) is 8.42 Å². The van der Waals surface area contributed by atoms with Crippen LogP contribution in [0.5, 0.6) is 5.75 Å². The summed E-state index contributed by atoms with van der Waals surface area (Å²) in [5, 5.41) is 2.92. The molecule has 2 amide bonds. The van der Waals surface area contributed by atoms with E-state index in [1.807, 2.05) is 45.0 Å². The van der Waals surface area contributed by atoms with Crippen LogP contribution >= 0.6 is 0 Å². The highest BCUT2D eigenvalue weighted by atomic mass is 32.2. The lowest BCUT2D eigenvalue weighted by Crippen LogP contribution is -2.53. The molecule has 6 rings (SSSR count). The molecule has 0 radical (unpaired) electrons. The molecule has 2 aromatic rings. The van der Waals surface area contributed by atoms with Crippen LogP contribution in [0.3, 0.4) is 0 Å². The van der Waals surface area contributed by atoms with E-state index in [9.17, 15) is 18.0 Å². The lowest BCUT2D eigenvalue weighted by molar-refractivity contribution is -0.140. The van der Waals surface area contributed by atoms with E-state index in [1.165, 1.54) is 53.3 Å². The van der Waals surface area contributed by atoms with Gasteiger partial charge in [0, 0.05) is 12.6 Å². The topological polar surface area (TPSA) is 96.0 Å². The van der Waals surface area contributed by atoms with Crippen LogP contribution in [0.2, 0.25) is 0 Å². The standard InChI is InChI=1S/C34H47N3O5S/c1-6-31(33(39)35-23(2)3)36(21-24-7-13-30(42-4)14-8-24)32(38)22-37(43(5,40)41)29-11-9-28(10-12-29)34-18-25-15-26(19-34)17-27(16-25)20-34/h7-14,23,25-27,31H,6,15-22H2,1-5H3,(H,35,39)/t25?,26?,27?,31-,34?/m1/s1. The van der Waals surface area contributed by atoms with Gasteiger partial charge in [-0.2, -0.15) is 0 Å². The molecule has 4 aliphatic carbocycles. The predicted molar refractivity (Wildman–Crippen MR) is 169 cm³/mol. The number of methoxy groups -OCH3 is 1. The lowest BCUT2D eigenvalue weighted by Gasteiger charge is -2.57. The van der Waals surface area contributed by atoms with E-state index in [1.54, 1.807) is 19.2 Å². The highest BCUT2D eigenvalue weighted by molar-refractivity contribution is 7.92. The van der Waals surface area contributed by atoms with E-state index in [0.29, 0.717) is 17.9 Å². The van der Waals surface area contributed by atoms with E-state index in [4.69, 9.17) is 4.74 Å². The van der Waals surface area contributed by atoms with E-state index >= 15 is 0 Å². The highest BCUT2D eigenvalue weighted by Crippen LogP contribution is 2.60. The molecule has 43 heavy (non-hydrogen) atoms. The molecule has 0 heterocycles. The Balaban J connectivity index is 1.40. The molecule has 4 fully saturated rings. The maximum Gasteiger partial charge on any atom is 0.244 e. The van der Waals surface area contributed by atoms with Crippen LogP contribution in [-0.4, -0.2) is 57.1 Å². The van der Waals surface area contributed by atoms with Crippen LogP contribution in [0, 0.1) is 17.8 Å². The Morgan fingerprint density at radius 2 is 1.51 bits per heavy atom. The van der Waals surface area contributed by atoms with Crippen molar-refractivity contribution in [2.45, 2.75) is 89.8 Å². The van der Waals surface area contributed by atoms with Crippen LogP contribution < -0.4 is 14.4 Å². The number of carbonyl (C=O) groups excluding carboxylic acids is 2. The number of carbonyl (C=O) groups is 2. The zero-order chi connectivity index (χ0) is 30.9. The molecular formula is C34H47N3O5S. The molecule has 1 N–H and O–H groups in total. The average molecular weight is 610 g/mol. The van der Waals surface area contributed by atoms with Crippen LogP contribution in [0.15, 0.2) is 48.5 Å². The second kappa shape index (κ2) is 12.5. The first-order valence-corrected chi connectivity index (χ1v) is 17.6. The number of anilines is 1. The van der Waals surface area contributed by atoms with Gasteiger partial charge in [0.2, 0.25) is 21.8 Å². The minimum absolute atomic E-state index is 0.0977. The first-order chi connectivity index (χ1) is 20.4. The summed E-state index contributed by atoms with van der Waals surface area (Å²) < 4.78 is 32.7. The maximum atomic E-state index is 14.0. The van der Waals surface area contributed by atoms with E-state index in [-0.39, 0.29) is 23.9 Å².